The molecule has 2 heteroatoms. The van der Waals surface area contributed by atoms with E-state index in [0.717, 1.165) is 27.6 Å². The van der Waals surface area contributed by atoms with Crippen LogP contribution >= 0.6 is 0 Å². The fraction of sp³-hybridized carbons (Fsp3) is 0. The third kappa shape index (κ3) is 2.93. The third-order valence-electron chi connectivity index (χ3n) is 8.39. The lowest BCUT2D eigenvalue weighted by Gasteiger charge is -2.12. The summed E-state index contributed by atoms with van der Waals surface area (Å²) in [6, 6.07) is 50.0. The van der Waals surface area contributed by atoms with Gasteiger partial charge in [0, 0.05) is 38.0 Å². The Morgan fingerprint density at radius 2 is 1.05 bits per heavy atom. The van der Waals surface area contributed by atoms with E-state index in [2.05, 4.69) is 138 Å². The Balaban J connectivity index is 1.39. The first-order valence-electron chi connectivity index (χ1n) is 13.7. The maximum atomic E-state index is 6.51. The van der Waals surface area contributed by atoms with Gasteiger partial charge in [-0.3, -0.25) is 0 Å². The number of benzene rings is 7. The Labute approximate surface area is 230 Å². The molecule has 0 bridgehead atoms. The molecule has 0 saturated carbocycles. The quantitative estimate of drug-likeness (QED) is 0.212. The molecule has 9 rings (SSSR count). The molecule has 0 N–H and O–H groups in total. The highest BCUT2D eigenvalue weighted by molar-refractivity contribution is 6.28. The standard InChI is InChI=1S/C38H23NO/c1-2-8-24(9-3-1)25-14-18-27(19-15-25)39-34-12-6-4-10-28(34)31-23-22-30-32(37(31)39)20-16-26-17-21-33-29-11-5-7-13-35(29)40-38(33)36(26)30/h1-23H. The number of para-hydroxylation sites is 2. The van der Waals surface area contributed by atoms with Gasteiger partial charge in [-0.1, -0.05) is 109 Å². The SMILES string of the molecule is c1ccc(-c2ccc(-n3c4ccccc4c4ccc5c(ccc6ccc7c8ccccc8oc7c65)c43)cc2)cc1. The van der Waals surface area contributed by atoms with E-state index in [0.29, 0.717) is 0 Å². The fourth-order valence-corrected chi connectivity index (χ4v) is 6.57. The summed E-state index contributed by atoms with van der Waals surface area (Å²) < 4.78 is 8.93. The van der Waals surface area contributed by atoms with Crippen molar-refractivity contribution in [2.24, 2.45) is 0 Å². The van der Waals surface area contributed by atoms with Gasteiger partial charge in [-0.25, -0.2) is 0 Å². The van der Waals surface area contributed by atoms with E-state index in [4.69, 9.17) is 4.42 Å². The summed E-state index contributed by atoms with van der Waals surface area (Å²) in [7, 11) is 0. The topological polar surface area (TPSA) is 18.1 Å². The molecule has 7 aromatic carbocycles. The van der Waals surface area contributed by atoms with Crippen LogP contribution in [0.15, 0.2) is 144 Å². The van der Waals surface area contributed by atoms with Crippen molar-refractivity contribution in [2.75, 3.05) is 0 Å². The van der Waals surface area contributed by atoms with Gasteiger partial charge in [-0.05, 0) is 52.2 Å². The molecule has 0 amide bonds. The van der Waals surface area contributed by atoms with Crippen molar-refractivity contribution >= 4 is 65.3 Å². The van der Waals surface area contributed by atoms with Gasteiger partial charge in [0.1, 0.15) is 11.2 Å². The molecule has 186 valence electrons. The summed E-state index contributed by atoms with van der Waals surface area (Å²) in [5, 5.41) is 9.62. The largest absolute Gasteiger partial charge is 0.455 e. The maximum absolute atomic E-state index is 6.51. The van der Waals surface area contributed by atoms with Crippen LogP contribution in [-0.2, 0) is 0 Å². The third-order valence-corrected chi connectivity index (χ3v) is 8.39. The first kappa shape index (κ1) is 21.6. The lowest BCUT2D eigenvalue weighted by atomic mass is 9.97. The van der Waals surface area contributed by atoms with Gasteiger partial charge in [0.25, 0.3) is 0 Å². The van der Waals surface area contributed by atoms with Crippen molar-refractivity contribution in [3.63, 3.8) is 0 Å². The highest BCUT2D eigenvalue weighted by Gasteiger charge is 2.18. The average Bonchev–Trinajstić information content (AvgIpc) is 3.57. The summed E-state index contributed by atoms with van der Waals surface area (Å²) in [4.78, 5) is 0. The zero-order chi connectivity index (χ0) is 26.2. The fourth-order valence-electron chi connectivity index (χ4n) is 6.57. The highest BCUT2D eigenvalue weighted by atomic mass is 16.3. The van der Waals surface area contributed by atoms with Gasteiger partial charge in [0.05, 0.1) is 11.0 Å². The van der Waals surface area contributed by atoms with Crippen molar-refractivity contribution in [1.29, 1.82) is 0 Å². The number of rotatable bonds is 2. The van der Waals surface area contributed by atoms with Crippen LogP contribution in [0, 0.1) is 0 Å². The van der Waals surface area contributed by atoms with Gasteiger partial charge < -0.3 is 8.98 Å². The Kier molecular flexibility index (Phi) is 4.36. The molecule has 0 atom stereocenters. The molecule has 0 spiro atoms. The molecule has 0 saturated heterocycles. The van der Waals surface area contributed by atoms with E-state index in [9.17, 15) is 0 Å². The molecular weight excluding hydrogens is 486 g/mol. The molecule has 0 aliphatic carbocycles. The minimum absolute atomic E-state index is 0.927. The van der Waals surface area contributed by atoms with Crippen LogP contribution < -0.4 is 0 Å². The van der Waals surface area contributed by atoms with Crippen molar-refractivity contribution in [2.45, 2.75) is 0 Å². The first-order valence-corrected chi connectivity index (χ1v) is 13.7. The highest BCUT2D eigenvalue weighted by Crippen LogP contribution is 2.42. The van der Waals surface area contributed by atoms with Crippen LogP contribution in [0.25, 0.3) is 82.1 Å². The Hall–Kier alpha value is -5.34. The minimum atomic E-state index is 0.927. The summed E-state index contributed by atoms with van der Waals surface area (Å²) >= 11 is 0. The number of hydrogen-bond acceptors (Lipinski definition) is 1. The number of furan rings is 1. The molecular formula is C38H23NO. The maximum Gasteiger partial charge on any atom is 0.143 e. The lowest BCUT2D eigenvalue weighted by molar-refractivity contribution is 0.673. The van der Waals surface area contributed by atoms with Crippen LogP contribution in [0.2, 0.25) is 0 Å². The van der Waals surface area contributed by atoms with Crippen molar-refractivity contribution in [3.05, 3.63) is 140 Å². The number of fused-ring (bicyclic) bond motifs is 11. The van der Waals surface area contributed by atoms with E-state index in [-0.39, 0.29) is 0 Å². The van der Waals surface area contributed by atoms with Crippen LogP contribution in [0.5, 0.6) is 0 Å². The second kappa shape index (κ2) is 8.08. The molecule has 0 radical (unpaired) electrons. The zero-order valence-corrected chi connectivity index (χ0v) is 21.6. The minimum Gasteiger partial charge on any atom is -0.455 e. The summed E-state index contributed by atoms with van der Waals surface area (Å²) in [5.74, 6) is 0. The predicted molar refractivity (Wildman–Crippen MR) is 169 cm³/mol. The first-order chi connectivity index (χ1) is 19.8. The van der Waals surface area contributed by atoms with E-state index < -0.39 is 0 Å². The summed E-state index contributed by atoms with van der Waals surface area (Å²) in [5.41, 5.74) is 7.91. The number of hydrogen-bond donors (Lipinski definition) is 0. The monoisotopic (exact) mass is 509 g/mol. The zero-order valence-electron chi connectivity index (χ0n) is 21.6. The van der Waals surface area contributed by atoms with Crippen molar-refractivity contribution < 1.29 is 4.42 Å². The lowest BCUT2D eigenvalue weighted by Crippen LogP contribution is -1.94. The van der Waals surface area contributed by atoms with Gasteiger partial charge in [0.2, 0.25) is 0 Å². The van der Waals surface area contributed by atoms with Crippen molar-refractivity contribution in [1.82, 2.24) is 4.57 Å². The Bertz CT molecular complexity index is 2410. The number of nitrogens with zero attached hydrogens (tertiary/aromatic N) is 1. The normalized spacial score (nSPS) is 12.0. The van der Waals surface area contributed by atoms with E-state index >= 15 is 0 Å². The van der Waals surface area contributed by atoms with E-state index in [1.54, 1.807) is 0 Å². The second-order valence-electron chi connectivity index (χ2n) is 10.5. The Morgan fingerprint density at radius 1 is 0.425 bits per heavy atom. The molecule has 0 unspecified atom stereocenters. The van der Waals surface area contributed by atoms with E-state index in [1.807, 2.05) is 6.07 Å². The molecule has 40 heavy (non-hydrogen) atoms. The predicted octanol–water partition coefficient (Wildman–Crippen LogP) is 10.7. The smallest absolute Gasteiger partial charge is 0.143 e. The average molecular weight is 510 g/mol. The second-order valence-corrected chi connectivity index (χ2v) is 10.5. The molecule has 2 heterocycles. The molecule has 0 aliphatic rings. The van der Waals surface area contributed by atoms with Gasteiger partial charge in [-0.2, -0.15) is 0 Å². The van der Waals surface area contributed by atoms with Crippen LogP contribution in [-0.4, -0.2) is 4.57 Å². The van der Waals surface area contributed by atoms with Crippen LogP contribution in [0.3, 0.4) is 0 Å². The Morgan fingerprint density at radius 3 is 1.90 bits per heavy atom. The van der Waals surface area contributed by atoms with E-state index in [1.165, 1.54) is 54.5 Å². The number of aromatic nitrogens is 1. The molecule has 0 aliphatic heterocycles. The molecule has 9 aromatic rings. The molecule has 2 nitrogen and oxygen atoms in total. The van der Waals surface area contributed by atoms with Crippen LogP contribution in [0.4, 0.5) is 0 Å². The van der Waals surface area contributed by atoms with Crippen molar-refractivity contribution in [3.8, 4) is 16.8 Å². The molecule has 2 aromatic heterocycles. The summed E-state index contributed by atoms with van der Waals surface area (Å²) in [6.45, 7) is 0. The summed E-state index contributed by atoms with van der Waals surface area (Å²) in [6.07, 6.45) is 0. The van der Waals surface area contributed by atoms with Gasteiger partial charge in [-0.15, -0.1) is 0 Å². The molecule has 0 fully saturated rings. The van der Waals surface area contributed by atoms with Crippen LogP contribution in [0.1, 0.15) is 0 Å². The van der Waals surface area contributed by atoms with Gasteiger partial charge >= 0.3 is 0 Å². The van der Waals surface area contributed by atoms with Gasteiger partial charge in [0.15, 0.2) is 0 Å².